The number of rotatable bonds is 6. The molecule has 1 fully saturated rings. The predicted octanol–water partition coefficient (Wildman–Crippen LogP) is 4.77. The van der Waals surface area contributed by atoms with Gasteiger partial charge in [-0.15, -0.1) is 0 Å². The average molecular weight is 386 g/mol. The molecule has 142 valence electrons. The maximum Gasteiger partial charge on any atom is 0.136 e. The SMILES string of the molecule is COc1ccc2nc(Cl)c(CNCc3ccco3)c(N3CCCCC3)c2c1. The van der Waals surface area contributed by atoms with Gasteiger partial charge in [0.1, 0.15) is 16.7 Å². The van der Waals surface area contributed by atoms with Gasteiger partial charge >= 0.3 is 0 Å². The highest BCUT2D eigenvalue weighted by Crippen LogP contribution is 2.37. The van der Waals surface area contributed by atoms with E-state index in [-0.39, 0.29) is 0 Å². The van der Waals surface area contributed by atoms with Crippen molar-refractivity contribution in [2.24, 2.45) is 0 Å². The summed E-state index contributed by atoms with van der Waals surface area (Å²) in [4.78, 5) is 7.09. The molecular formula is C21H24ClN3O2. The van der Waals surface area contributed by atoms with Crippen molar-refractivity contribution in [2.45, 2.75) is 32.4 Å². The number of furan rings is 1. The number of ether oxygens (including phenoxy) is 1. The Balaban J connectivity index is 1.73. The van der Waals surface area contributed by atoms with Crippen molar-refractivity contribution in [3.63, 3.8) is 0 Å². The third kappa shape index (κ3) is 3.89. The summed E-state index contributed by atoms with van der Waals surface area (Å²) in [7, 11) is 1.69. The first kappa shape index (κ1) is 18.1. The van der Waals surface area contributed by atoms with Gasteiger partial charge in [0.2, 0.25) is 0 Å². The van der Waals surface area contributed by atoms with Crippen molar-refractivity contribution in [3.05, 3.63) is 53.1 Å². The van der Waals surface area contributed by atoms with Crippen LogP contribution in [-0.2, 0) is 13.1 Å². The van der Waals surface area contributed by atoms with Crippen LogP contribution in [0, 0.1) is 0 Å². The van der Waals surface area contributed by atoms with Gasteiger partial charge in [0, 0.05) is 30.6 Å². The lowest BCUT2D eigenvalue weighted by Crippen LogP contribution is -2.31. The Morgan fingerprint density at radius 1 is 1.19 bits per heavy atom. The van der Waals surface area contributed by atoms with E-state index >= 15 is 0 Å². The molecule has 1 saturated heterocycles. The Labute approximate surface area is 164 Å². The molecule has 0 bridgehead atoms. The molecule has 4 rings (SSSR count). The summed E-state index contributed by atoms with van der Waals surface area (Å²) in [6.45, 7) is 3.36. The van der Waals surface area contributed by atoms with E-state index in [1.54, 1.807) is 13.4 Å². The number of methoxy groups -OCH3 is 1. The van der Waals surface area contributed by atoms with Crippen LogP contribution in [0.3, 0.4) is 0 Å². The van der Waals surface area contributed by atoms with Gasteiger partial charge in [-0.25, -0.2) is 4.98 Å². The molecule has 1 aliphatic heterocycles. The molecule has 0 radical (unpaired) electrons. The summed E-state index contributed by atoms with van der Waals surface area (Å²) in [6, 6.07) is 9.84. The quantitative estimate of drug-likeness (QED) is 0.619. The van der Waals surface area contributed by atoms with Crippen molar-refractivity contribution < 1.29 is 9.15 Å². The Morgan fingerprint density at radius 3 is 2.78 bits per heavy atom. The zero-order valence-electron chi connectivity index (χ0n) is 15.5. The number of nitrogens with one attached hydrogen (secondary N) is 1. The topological polar surface area (TPSA) is 50.5 Å². The van der Waals surface area contributed by atoms with Crippen LogP contribution in [0.4, 0.5) is 5.69 Å². The van der Waals surface area contributed by atoms with E-state index in [1.807, 2.05) is 24.3 Å². The Kier molecular flexibility index (Phi) is 5.50. The van der Waals surface area contributed by atoms with Crippen molar-refractivity contribution >= 4 is 28.2 Å². The molecule has 0 amide bonds. The summed E-state index contributed by atoms with van der Waals surface area (Å²) < 4.78 is 10.9. The molecule has 27 heavy (non-hydrogen) atoms. The van der Waals surface area contributed by atoms with Crippen LogP contribution in [0.25, 0.3) is 10.9 Å². The average Bonchev–Trinajstić information content (AvgIpc) is 3.22. The first-order valence-corrected chi connectivity index (χ1v) is 9.78. The lowest BCUT2D eigenvalue weighted by Gasteiger charge is -2.32. The second-order valence-electron chi connectivity index (χ2n) is 6.84. The molecule has 1 N–H and O–H groups in total. The zero-order valence-corrected chi connectivity index (χ0v) is 16.3. The van der Waals surface area contributed by atoms with Gasteiger partial charge in [0.25, 0.3) is 0 Å². The molecule has 0 saturated carbocycles. The van der Waals surface area contributed by atoms with Crippen LogP contribution < -0.4 is 15.0 Å². The number of fused-ring (bicyclic) bond motifs is 1. The monoisotopic (exact) mass is 385 g/mol. The number of aromatic nitrogens is 1. The van der Waals surface area contributed by atoms with Crippen molar-refractivity contribution in [1.29, 1.82) is 0 Å². The van der Waals surface area contributed by atoms with Crippen molar-refractivity contribution in [1.82, 2.24) is 10.3 Å². The molecule has 0 unspecified atom stereocenters. The summed E-state index contributed by atoms with van der Waals surface area (Å²) in [5.41, 5.74) is 3.11. The minimum atomic E-state index is 0.556. The van der Waals surface area contributed by atoms with Crippen LogP contribution in [0.15, 0.2) is 41.0 Å². The predicted molar refractivity (Wildman–Crippen MR) is 109 cm³/mol. The molecule has 0 spiro atoms. The lowest BCUT2D eigenvalue weighted by atomic mass is 10.0. The van der Waals surface area contributed by atoms with Crippen LogP contribution in [0.2, 0.25) is 5.15 Å². The van der Waals surface area contributed by atoms with E-state index in [2.05, 4.69) is 21.3 Å². The molecular weight excluding hydrogens is 362 g/mol. The maximum atomic E-state index is 6.63. The second-order valence-corrected chi connectivity index (χ2v) is 7.20. The largest absolute Gasteiger partial charge is 0.497 e. The molecule has 0 aliphatic carbocycles. The fourth-order valence-electron chi connectivity index (χ4n) is 3.72. The third-order valence-corrected chi connectivity index (χ3v) is 5.38. The normalized spacial score (nSPS) is 14.7. The van der Waals surface area contributed by atoms with E-state index in [1.165, 1.54) is 24.9 Å². The highest BCUT2D eigenvalue weighted by atomic mass is 35.5. The van der Waals surface area contributed by atoms with E-state index < -0.39 is 0 Å². The minimum absolute atomic E-state index is 0.556. The standard InChI is InChI=1S/C21H24ClN3O2/c1-26-15-7-8-19-17(12-15)20(25-9-3-2-4-10-25)18(21(22)24-19)14-23-13-16-6-5-11-27-16/h5-8,11-12,23H,2-4,9-10,13-14H2,1H3. The molecule has 2 aromatic heterocycles. The molecule has 0 atom stereocenters. The molecule has 1 aliphatic rings. The van der Waals surface area contributed by atoms with Gasteiger partial charge in [-0.3, -0.25) is 0 Å². The van der Waals surface area contributed by atoms with E-state index in [0.29, 0.717) is 18.2 Å². The zero-order chi connectivity index (χ0) is 18.6. The van der Waals surface area contributed by atoms with Gasteiger partial charge in [-0.1, -0.05) is 11.6 Å². The Morgan fingerprint density at radius 2 is 2.04 bits per heavy atom. The molecule has 1 aromatic carbocycles. The van der Waals surface area contributed by atoms with E-state index in [0.717, 1.165) is 41.1 Å². The first-order chi connectivity index (χ1) is 13.3. The number of piperidine rings is 1. The summed E-state index contributed by atoms with van der Waals surface area (Å²) in [5, 5.41) is 5.09. The van der Waals surface area contributed by atoms with Crippen molar-refractivity contribution in [3.8, 4) is 5.75 Å². The van der Waals surface area contributed by atoms with E-state index in [4.69, 9.17) is 20.8 Å². The molecule has 3 aromatic rings. The smallest absolute Gasteiger partial charge is 0.136 e. The van der Waals surface area contributed by atoms with Crippen LogP contribution in [0.1, 0.15) is 30.6 Å². The number of halogens is 1. The highest BCUT2D eigenvalue weighted by Gasteiger charge is 2.21. The minimum Gasteiger partial charge on any atom is -0.497 e. The second kappa shape index (κ2) is 8.19. The molecule has 5 nitrogen and oxygen atoms in total. The van der Waals surface area contributed by atoms with Gasteiger partial charge in [0.05, 0.1) is 31.1 Å². The summed E-state index contributed by atoms with van der Waals surface area (Å²) in [5.74, 6) is 1.74. The van der Waals surface area contributed by atoms with Gasteiger partial charge in [-0.05, 0) is 49.6 Å². The lowest BCUT2D eigenvalue weighted by molar-refractivity contribution is 0.415. The maximum absolute atomic E-state index is 6.63. The molecule has 3 heterocycles. The van der Waals surface area contributed by atoms with Crippen LogP contribution in [0.5, 0.6) is 5.75 Å². The highest BCUT2D eigenvalue weighted by molar-refractivity contribution is 6.31. The number of nitrogens with zero attached hydrogens (tertiary/aromatic N) is 2. The van der Waals surface area contributed by atoms with Crippen LogP contribution >= 0.6 is 11.6 Å². The number of benzene rings is 1. The van der Waals surface area contributed by atoms with Crippen LogP contribution in [-0.4, -0.2) is 25.2 Å². The summed E-state index contributed by atoms with van der Waals surface area (Å²) >= 11 is 6.63. The third-order valence-electron chi connectivity index (χ3n) is 5.07. The van der Waals surface area contributed by atoms with Gasteiger partial charge in [0.15, 0.2) is 0 Å². The van der Waals surface area contributed by atoms with E-state index in [9.17, 15) is 0 Å². The fraction of sp³-hybridized carbons (Fsp3) is 0.381. The van der Waals surface area contributed by atoms with Crippen molar-refractivity contribution in [2.75, 3.05) is 25.1 Å². The van der Waals surface area contributed by atoms with Gasteiger partial charge < -0.3 is 19.4 Å². The number of anilines is 1. The van der Waals surface area contributed by atoms with Gasteiger partial charge in [-0.2, -0.15) is 0 Å². The summed E-state index contributed by atoms with van der Waals surface area (Å²) in [6.07, 6.45) is 5.37. The first-order valence-electron chi connectivity index (χ1n) is 9.40. The number of pyridine rings is 1. The molecule has 6 heteroatoms. The number of hydrogen-bond donors (Lipinski definition) is 1. The Hall–Kier alpha value is -2.24. The number of hydrogen-bond acceptors (Lipinski definition) is 5. The fourth-order valence-corrected chi connectivity index (χ4v) is 3.97. The Bertz CT molecular complexity index is 905.